The Labute approximate surface area is 129 Å². The van der Waals surface area contributed by atoms with Crippen LogP contribution in [0.5, 0.6) is 0 Å². The quantitative estimate of drug-likeness (QED) is 0.781. The molecule has 0 heterocycles. The van der Waals surface area contributed by atoms with Crippen molar-refractivity contribution >= 4 is 17.5 Å². The SMILES string of the molecule is CCCCC(=O)Nc1ccc(C(=O)N(CC#N)CC#N)cc1. The summed E-state index contributed by atoms with van der Waals surface area (Å²) in [6, 6.07) is 10.1. The lowest BCUT2D eigenvalue weighted by atomic mass is 10.1. The van der Waals surface area contributed by atoms with E-state index >= 15 is 0 Å². The fourth-order valence-electron chi connectivity index (χ4n) is 1.81. The second kappa shape index (κ2) is 9.15. The minimum absolute atomic E-state index is 0.0588. The highest BCUT2D eigenvalue weighted by Crippen LogP contribution is 2.12. The van der Waals surface area contributed by atoms with Crippen LogP contribution in [0, 0.1) is 22.7 Å². The second-order valence-corrected chi connectivity index (χ2v) is 4.71. The lowest BCUT2D eigenvalue weighted by Gasteiger charge is -2.16. The van der Waals surface area contributed by atoms with Crippen LogP contribution >= 0.6 is 0 Å². The van der Waals surface area contributed by atoms with Gasteiger partial charge in [0, 0.05) is 17.7 Å². The molecule has 0 aliphatic heterocycles. The van der Waals surface area contributed by atoms with E-state index in [0.717, 1.165) is 17.7 Å². The van der Waals surface area contributed by atoms with Crippen LogP contribution in [0.2, 0.25) is 0 Å². The highest BCUT2D eigenvalue weighted by atomic mass is 16.2. The van der Waals surface area contributed by atoms with Gasteiger partial charge in [-0.25, -0.2) is 0 Å². The largest absolute Gasteiger partial charge is 0.326 e. The van der Waals surface area contributed by atoms with Crippen molar-refractivity contribution in [2.24, 2.45) is 0 Å². The summed E-state index contributed by atoms with van der Waals surface area (Å²) in [4.78, 5) is 24.9. The molecule has 0 unspecified atom stereocenters. The Morgan fingerprint density at radius 2 is 1.73 bits per heavy atom. The molecule has 0 fully saturated rings. The molecular weight excluding hydrogens is 280 g/mol. The van der Waals surface area contributed by atoms with Gasteiger partial charge in [0.15, 0.2) is 0 Å². The lowest BCUT2D eigenvalue weighted by Crippen LogP contribution is -2.31. The van der Waals surface area contributed by atoms with Gasteiger partial charge < -0.3 is 10.2 Å². The number of rotatable bonds is 7. The van der Waals surface area contributed by atoms with Crippen molar-refractivity contribution < 1.29 is 9.59 Å². The van der Waals surface area contributed by atoms with Crippen molar-refractivity contribution in [2.75, 3.05) is 18.4 Å². The molecular formula is C16H18N4O2. The van der Waals surface area contributed by atoms with Crippen molar-refractivity contribution in [3.05, 3.63) is 29.8 Å². The predicted molar refractivity (Wildman–Crippen MR) is 81.7 cm³/mol. The fourth-order valence-corrected chi connectivity index (χ4v) is 1.81. The Morgan fingerprint density at radius 1 is 1.14 bits per heavy atom. The normalized spacial score (nSPS) is 9.41. The van der Waals surface area contributed by atoms with Crippen LogP contribution < -0.4 is 5.32 Å². The third-order valence-corrected chi connectivity index (χ3v) is 2.98. The lowest BCUT2D eigenvalue weighted by molar-refractivity contribution is -0.116. The molecule has 0 saturated carbocycles. The first-order chi connectivity index (χ1) is 10.6. The number of hydrogen-bond acceptors (Lipinski definition) is 4. The monoisotopic (exact) mass is 298 g/mol. The first kappa shape index (κ1) is 17.2. The molecule has 0 radical (unpaired) electrons. The molecule has 0 spiro atoms. The number of hydrogen-bond donors (Lipinski definition) is 1. The molecule has 1 aromatic carbocycles. The number of nitriles is 2. The first-order valence-corrected chi connectivity index (χ1v) is 7.05. The minimum Gasteiger partial charge on any atom is -0.326 e. The second-order valence-electron chi connectivity index (χ2n) is 4.71. The zero-order valence-corrected chi connectivity index (χ0v) is 12.5. The van der Waals surface area contributed by atoms with E-state index < -0.39 is 0 Å². The number of carbonyl (C=O) groups is 2. The summed E-state index contributed by atoms with van der Waals surface area (Å²) in [5, 5.41) is 20.1. The zero-order valence-electron chi connectivity index (χ0n) is 12.5. The van der Waals surface area contributed by atoms with E-state index in [2.05, 4.69) is 5.32 Å². The number of anilines is 1. The molecule has 1 rings (SSSR count). The topological polar surface area (TPSA) is 97.0 Å². The summed E-state index contributed by atoms with van der Waals surface area (Å²) in [6.45, 7) is 1.74. The van der Waals surface area contributed by atoms with Crippen molar-refractivity contribution in [2.45, 2.75) is 26.2 Å². The van der Waals surface area contributed by atoms with Crippen LogP contribution in [0.1, 0.15) is 36.5 Å². The number of unbranched alkanes of at least 4 members (excludes halogenated alkanes) is 1. The summed E-state index contributed by atoms with van der Waals surface area (Å²) in [5.41, 5.74) is 0.988. The zero-order chi connectivity index (χ0) is 16.4. The predicted octanol–water partition coefficient (Wildman–Crippen LogP) is 2.30. The molecule has 1 aromatic rings. The molecule has 6 heteroatoms. The van der Waals surface area contributed by atoms with Crippen LogP contribution in [0.25, 0.3) is 0 Å². The summed E-state index contributed by atoms with van der Waals surface area (Å²) in [7, 11) is 0. The smallest absolute Gasteiger partial charge is 0.255 e. The van der Waals surface area contributed by atoms with Gasteiger partial charge in [0.1, 0.15) is 13.1 Å². The van der Waals surface area contributed by atoms with E-state index in [1.807, 2.05) is 19.1 Å². The molecule has 0 aromatic heterocycles. The molecule has 0 atom stereocenters. The van der Waals surface area contributed by atoms with Gasteiger partial charge in [0.05, 0.1) is 12.1 Å². The highest BCUT2D eigenvalue weighted by molar-refractivity contribution is 5.96. The molecule has 6 nitrogen and oxygen atoms in total. The van der Waals surface area contributed by atoms with Crippen molar-refractivity contribution in [1.29, 1.82) is 10.5 Å². The highest BCUT2D eigenvalue weighted by Gasteiger charge is 2.15. The van der Waals surface area contributed by atoms with Crippen LogP contribution in [0.15, 0.2) is 24.3 Å². The van der Waals surface area contributed by atoms with Gasteiger partial charge in [-0.05, 0) is 30.7 Å². The maximum Gasteiger partial charge on any atom is 0.255 e. The van der Waals surface area contributed by atoms with E-state index in [1.165, 1.54) is 0 Å². The van der Waals surface area contributed by atoms with E-state index in [1.54, 1.807) is 24.3 Å². The van der Waals surface area contributed by atoms with E-state index in [-0.39, 0.29) is 24.9 Å². The van der Waals surface area contributed by atoms with Gasteiger partial charge in [0.25, 0.3) is 5.91 Å². The molecule has 22 heavy (non-hydrogen) atoms. The average Bonchev–Trinajstić information content (AvgIpc) is 2.53. The van der Waals surface area contributed by atoms with E-state index in [4.69, 9.17) is 10.5 Å². The van der Waals surface area contributed by atoms with Crippen LogP contribution in [0.4, 0.5) is 5.69 Å². The van der Waals surface area contributed by atoms with Gasteiger partial charge in [0.2, 0.25) is 5.91 Å². The number of amides is 2. The van der Waals surface area contributed by atoms with E-state index in [0.29, 0.717) is 17.7 Å². The number of carbonyl (C=O) groups excluding carboxylic acids is 2. The molecule has 0 saturated heterocycles. The molecule has 0 bridgehead atoms. The van der Waals surface area contributed by atoms with Gasteiger partial charge in [-0.15, -0.1) is 0 Å². The van der Waals surface area contributed by atoms with Gasteiger partial charge in [-0.2, -0.15) is 10.5 Å². The van der Waals surface area contributed by atoms with Gasteiger partial charge in [-0.3, -0.25) is 9.59 Å². The van der Waals surface area contributed by atoms with E-state index in [9.17, 15) is 9.59 Å². The summed E-state index contributed by atoms with van der Waals surface area (Å²) in [6.07, 6.45) is 2.25. The maximum absolute atomic E-state index is 12.1. The van der Waals surface area contributed by atoms with Gasteiger partial charge >= 0.3 is 0 Å². The third kappa shape index (κ3) is 5.26. The number of benzene rings is 1. The van der Waals surface area contributed by atoms with Crippen molar-refractivity contribution in [1.82, 2.24) is 4.90 Å². The van der Waals surface area contributed by atoms with Crippen molar-refractivity contribution in [3.63, 3.8) is 0 Å². The van der Waals surface area contributed by atoms with Crippen LogP contribution in [0.3, 0.4) is 0 Å². The molecule has 1 N–H and O–H groups in total. The maximum atomic E-state index is 12.1. The molecule has 0 aliphatic carbocycles. The Balaban J connectivity index is 2.71. The minimum atomic E-state index is -0.382. The van der Waals surface area contributed by atoms with Crippen molar-refractivity contribution in [3.8, 4) is 12.1 Å². The number of nitrogens with one attached hydrogen (secondary N) is 1. The fraction of sp³-hybridized carbons (Fsp3) is 0.375. The molecule has 0 aliphatic rings. The summed E-state index contributed by atoms with van der Waals surface area (Å²) in [5.74, 6) is -0.441. The Bertz CT molecular complexity index is 580. The summed E-state index contributed by atoms with van der Waals surface area (Å²) >= 11 is 0. The Kier molecular flexibility index (Phi) is 7.15. The number of nitrogens with zero attached hydrogens (tertiary/aromatic N) is 3. The summed E-state index contributed by atoms with van der Waals surface area (Å²) < 4.78 is 0. The standard InChI is InChI=1S/C16H18N4O2/c1-2-3-4-15(21)19-14-7-5-13(6-8-14)16(22)20(11-9-17)12-10-18/h5-8H,2-4,11-12H2,1H3,(H,19,21). The van der Waals surface area contributed by atoms with Crippen LogP contribution in [-0.4, -0.2) is 29.8 Å². The molecule has 114 valence electrons. The Morgan fingerprint density at radius 3 is 2.23 bits per heavy atom. The van der Waals surface area contributed by atoms with Crippen LogP contribution in [-0.2, 0) is 4.79 Å². The third-order valence-electron chi connectivity index (χ3n) is 2.98. The first-order valence-electron chi connectivity index (χ1n) is 7.05. The van der Waals surface area contributed by atoms with Gasteiger partial charge in [-0.1, -0.05) is 13.3 Å². The Hall–Kier alpha value is -2.86. The molecule has 2 amide bonds. The average molecular weight is 298 g/mol.